The molecule has 6 nitrogen and oxygen atoms in total. The van der Waals surface area contributed by atoms with Gasteiger partial charge in [-0.2, -0.15) is 0 Å². The molecule has 1 rings (SSSR count). The first-order chi connectivity index (χ1) is 12.1. The molecule has 0 atom stereocenters. The lowest BCUT2D eigenvalue weighted by atomic mass is 10.0. The van der Waals surface area contributed by atoms with Crippen molar-refractivity contribution in [3.8, 4) is 17.2 Å². The van der Waals surface area contributed by atoms with E-state index >= 15 is 0 Å². The van der Waals surface area contributed by atoms with Gasteiger partial charge in [-0.3, -0.25) is 0 Å². The normalized spacial score (nSPS) is 11.0. The Morgan fingerprint density at radius 3 is 1.52 bits per heavy atom. The first-order valence-electron chi connectivity index (χ1n) is 8.64. The summed E-state index contributed by atoms with van der Waals surface area (Å²) >= 11 is 0. The molecule has 0 amide bonds. The summed E-state index contributed by atoms with van der Waals surface area (Å²) < 4.78 is 32.8. The van der Waals surface area contributed by atoms with Crippen molar-refractivity contribution in [1.82, 2.24) is 0 Å². The Labute approximate surface area is 151 Å². The summed E-state index contributed by atoms with van der Waals surface area (Å²) in [6, 6.07) is 4.03. The lowest BCUT2D eigenvalue weighted by molar-refractivity contribution is 0.123. The Morgan fingerprint density at radius 2 is 1.12 bits per heavy atom. The van der Waals surface area contributed by atoms with Crippen molar-refractivity contribution in [3.05, 3.63) is 17.7 Å². The molecule has 0 saturated heterocycles. The zero-order chi connectivity index (χ0) is 18.5. The summed E-state index contributed by atoms with van der Waals surface area (Å²) in [7, 11) is 4.93. The fourth-order valence-corrected chi connectivity index (χ4v) is 2.27. The Balaban J connectivity index is 3.07. The second kappa shape index (κ2) is 12.8. The minimum atomic E-state index is 0.418. The molecule has 0 fully saturated rings. The van der Waals surface area contributed by atoms with Crippen LogP contribution in [0.2, 0.25) is 0 Å². The molecule has 1 aromatic rings. The minimum Gasteiger partial charge on any atom is -0.487 e. The van der Waals surface area contributed by atoms with E-state index in [1.165, 1.54) is 0 Å². The second-order valence-corrected chi connectivity index (χ2v) is 6.04. The predicted molar refractivity (Wildman–Crippen MR) is 97.1 cm³/mol. The van der Waals surface area contributed by atoms with Crippen LogP contribution >= 0.6 is 0 Å². The lowest BCUT2D eigenvalue weighted by Crippen LogP contribution is -2.12. The number of methoxy groups -OCH3 is 3. The maximum atomic E-state index is 5.88. The van der Waals surface area contributed by atoms with Gasteiger partial charge in [0.1, 0.15) is 19.8 Å². The van der Waals surface area contributed by atoms with Crippen molar-refractivity contribution in [1.29, 1.82) is 0 Å². The maximum absolute atomic E-state index is 5.88. The minimum absolute atomic E-state index is 0.418. The van der Waals surface area contributed by atoms with Crippen molar-refractivity contribution in [2.45, 2.75) is 20.3 Å². The number of hydrogen-bond acceptors (Lipinski definition) is 6. The van der Waals surface area contributed by atoms with Gasteiger partial charge in [0.2, 0.25) is 5.75 Å². The number of benzene rings is 1. The van der Waals surface area contributed by atoms with Crippen molar-refractivity contribution in [3.63, 3.8) is 0 Å². The van der Waals surface area contributed by atoms with E-state index in [-0.39, 0.29) is 0 Å². The van der Waals surface area contributed by atoms with Gasteiger partial charge >= 0.3 is 0 Å². The molecule has 25 heavy (non-hydrogen) atoms. The molecule has 0 aromatic heterocycles. The fraction of sp³-hybridized carbons (Fsp3) is 0.684. The van der Waals surface area contributed by atoms with Crippen LogP contribution in [0.4, 0.5) is 0 Å². The van der Waals surface area contributed by atoms with Crippen LogP contribution < -0.4 is 14.2 Å². The highest BCUT2D eigenvalue weighted by Gasteiger charge is 2.16. The zero-order valence-electron chi connectivity index (χ0n) is 16.1. The van der Waals surface area contributed by atoms with Gasteiger partial charge in [0.25, 0.3) is 0 Å². The van der Waals surface area contributed by atoms with Crippen LogP contribution in [0.5, 0.6) is 17.2 Å². The second-order valence-electron chi connectivity index (χ2n) is 6.04. The molecule has 0 spiro atoms. The van der Waals surface area contributed by atoms with Crippen molar-refractivity contribution in [2.24, 2.45) is 5.92 Å². The van der Waals surface area contributed by atoms with Gasteiger partial charge in [-0.05, 0) is 30.0 Å². The van der Waals surface area contributed by atoms with E-state index in [4.69, 9.17) is 28.4 Å². The Kier molecular flexibility index (Phi) is 11.0. The van der Waals surface area contributed by atoms with Crippen LogP contribution in [-0.4, -0.2) is 61.0 Å². The first-order valence-corrected chi connectivity index (χ1v) is 8.64. The first kappa shape index (κ1) is 21.5. The van der Waals surface area contributed by atoms with Gasteiger partial charge in [0.15, 0.2) is 11.5 Å². The summed E-state index contributed by atoms with van der Waals surface area (Å²) in [5, 5.41) is 0. The molecule has 0 N–H and O–H groups in total. The van der Waals surface area contributed by atoms with Crippen LogP contribution in [0.3, 0.4) is 0 Å². The van der Waals surface area contributed by atoms with Crippen LogP contribution in [0.25, 0.3) is 0 Å². The monoisotopic (exact) mass is 356 g/mol. The largest absolute Gasteiger partial charge is 0.487 e. The molecule has 0 aliphatic rings. The van der Waals surface area contributed by atoms with E-state index < -0.39 is 0 Å². The van der Waals surface area contributed by atoms with Crippen molar-refractivity contribution < 1.29 is 28.4 Å². The molecular formula is C19H32O6. The van der Waals surface area contributed by atoms with Crippen LogP contribution in [0.1, 0.15) is 19.4 Å². The molecule has 0 aliphatic carbocycles. The molecule has 6 heteroatoms. The fourth-order valence-electron chi connectivity index (χ4n) is 2.27. The number of ether oxygens (including phenoxy) is 6. The van der Waals surface area contributed by atoms with Gasteiger partial charge in [-0.15, -0.1) is 0 Å². The highest BCUT2D eigenvalue weighted by atomic mass is 16.6. The third-order valence-corrected chi connectivity index (χ3v) is 3.35. The average molecular weight is 356 g/mol. The van der Waals surface area contributed by atoms with Gasteiger partial charge in [0, 0.05) is 21.3 Å². The highest BCUT2D eigenvalue weighted by Crippen LogP contribution is 2.39. The molecule has 0 unspecified atom stereocenters. The summed E-state index contributed by atoms with van der Waals surface area (Å²) in [5.74, 6) is 2.45. The topological polar surface area (TPSA) is 55.4 Å². The van der Waals surface area contributed by atoms with Crippen LogP contribution in [-0.2, 0) is 20.6 Å². The van der Waals surface area contributed by atoms with E-state index in [0.717, 1.165) is 12.0 Å². The van der Waals surface area contributed by atoms with E-state index in [1.807, 2.05) is 12.1 Å². The standard InChI is InChI=1S/C19H32O6/c1-15(2)12-16-13-17(23-9-6-20-3)19(25-11-8-22-5)18(14-16)24-10-7-21-4/h13-15H,6-12H2,1-5H3. The molecule has 0 bridgehead atoms. The van der Waals surface area contributed by atoms with E-state index in [2.05, 4.69) is 13.8 Å². The average Bonchev–Trinajstić information content (AvgIpc) is 2.57. The van der Waals surface area contributed by atoms with Gasteiger partial charge in [-0.1, -0.05) is 13.8 Å². The van der Waals surface area contributed by atoms with Gasteiger partial charge in [-0.25, -0.2) is 0 Å². The molecule has 0 aliphatic heterocycles. The zero-order valence-corrected chi connectivity index (χ0v) is 16.1. The molecular weight excluding hydrogens is 324 g/mol. The van der Waals surface area contributed by atoms with Crippen molar-refractivity contribution >= 4 is 0 Å². The number of hydrogen-bond donors (Lipinski definition) is 0. The molecule has 1 aromatic carbocycles. The predicted octanol–water partition coefficient (Wildman–Crippen LogP) is 2.96. The van der Waals surface area contributed by atoms with Crippen LogP contribution in [0.15, 0.2) is 12.1 Å². The summed E-state index contributed by atoms with van der Waals surface area (Å²) in [6.45, 7) is 7.17. The van der Waals surface area contributed by atoms with Gasteiger partial charge < -0.3 is 28.4 Å². The van der Waals surface area contributed by atoms with E-state index in [0.29, 0.717) is 62.8 Å². The third kappa shape index (κ3) is 8.43. The SMILES string of the molecule is COCCOc1cc(CC(C)C)cc(OCCOC)c1OCCOC. The van der Waals surface area contributed by atoms with E-state index in [1.54, 1.807) is 21.3 Å². The lowest BCUT2D eigenvalue weighted by Gasteiger charge is -2.19. The van der Waals surface area contributed by atoms with Crippen LogP contribution in [0, 0.1) is 5.92 Å². The third-order valence-electron chi connectivity index (χ3n) is 3.35. The van der Waals surface area contributed by atoms with Gasteiger partial charge in [0.05, 0.1) is 19.8 Å². The summed E-state index contributed by atoms with van der Waals surface area (Å²) in [4.78, 5) is 0. The van der Waals surface area contributed by atoms with Crippen molar-refractivity contribution in [2.75, 3.05) is 61.0 Å². The Bertz CT molecular complexity index is 444. The Hall–Kier alpha value is -1.50. The van der Waals surface area contributed by atoms with E-state index in [9.17, 15) is 0 Å². The quantitative estimate of drug-likeness (QED) is 0.478. The molecule has 0 radical (unpaired) electrons. The molecule has 144 valence electrons. The Morgan fingerprint density at radius 1 is 0.680 bits per heavy atom. The molecule has 0 saturated carbocycles. The maximum Gasteiger partial charge on any atom is 0.203 e. The number of rotatable bonds is 14. The smallest absolute Gasteiger partial charge is 0.203 e. The molecule has 0 heterocycles. The summed E-state index contributed by atoms with van der Waals surface area (Å²) in [6.07, 6.45) is 0.930. The highest BCUT2D eigenvalue weighted by molar-refractivity contribution is 5.54. The summed E-state index contributed by atoms with van der Waals surface area (Å²) in [5.41, 5.74) is 1.15.